The van der Waals surface area contributed by atoms with Crippen LogP contribution in [0, 0.1) is 18.3 Å². The third kappa shape index (κ3) is 4.30. The molecular formula is C29H35BrN2O6S. The Morgan fingerprint density at radius 3 is 2.23 bits per heavy atom. The zero-order valence-electron chi connectivity index (χ0n) is 22.9. The standard InChI is InChI=1S/C29H35BrN2O6S/c1-17(2)37-26(33)29(27(34)38-18(3)4)15-20-16-32(39(35,36)21-11-9-19(5)10-12-21)14-13-28(20)22-7-6-8-23(30)24(22)31-25(28)29/h6-12,17-18,20,25,31H,13-16H2,1-5H3/t20-,25-,28+/m0/s1. The lowest BCUT2D eigenvalue weighted by Crippen LogP contribution is -2.57. The van der Waals surface area contributed by atoms with Crippen LogP contribution in [-0.4, -0.2) is 56.0 Å². The maximum absolute atomic E-state index is 13.9. The first-order valence-electron chi connectivity index (χ1n) is 13.4. The third-order valence-corrected chi connectivity index (χ3v) is 10.9. The number of halogens is 1. The molecule has 1 saturated heterocycles. The van der Waals surface area contributed by atoms with Gasteiger partial charge in [0.25, 0.3) is 0 Å². The molecule has 0 aromatic heterocycles. The SMILES string of the molecule is Cc1ccc(S(=O)(=O)N2CC[C@@]34c5cccc(Br)c5N[C@@H]3C(C(=O)OC(C)C)(C(=O)OC(C)C)C[C@H]4C2)cc1. The molecular weight excluding hydrogens is 584 g/mol. The van der Waals surface area contributed by atoms with Crippen LogP contribution < -0.4 is 5.32 Å². The first-order valence-corrected chi connectivity index (χ1v) is 15.6. The number of esters is 2. The molecule has 2 fully saturated rings. The monoisotopic (exact) mass is 618 g/mol. The minimum atomic E-state index is -3.78. The molecule has 0 amide bonds. The maximum Gasteiger partial charge on any atom is 0.325 e. The van der Waals surface area contributed by atoms with Gasteiger partial charge in [-0.15, -0.1) is 0 Å². The number of sulfonamides is 1. The van der Waals surface area contributed by atoms with E-state index in [1.54, 1.807) is 52.0 Å². The quantitative estimate of drug-likeness (QED) is 0.367. The van der Waals surface area contributed by atoms with E-state index in [1.807, 2.05) is 25.1 Å². The molecule has 0 unspecified atom stereocenters. The van der Waals surface area contributed by atoms with Crippen molar-refractivity contribution < 1.29 is 27.5 Å². The molecule has 2 aromatic carbocycles. The van der Waals surface area contributed by atoms with E-state index in [2.05, 4.69) is 21.2 Å². The minimum Gasteiger partial charge on any atom is -0.462 e. The van der Waals surface area contributed by atoms with E-state index in [0.29, 0.717) is 6.42 Å². The van der Waals surface area contributed by atoms with E-state index in [-0.39, 0.29) is 30.3 Å². The number of rotatable bonds is 6. The van der Waals surface area contributed by atoms with Crippen molar-refractivity contribution in [2.75, 3.05) is 18.4 Å². The number of piperidine rings is 1. The van der Waals surface area contributed by atoms with E-state index in [0.717, 1.165) is 21.3 Å². The Balaban J connectivity index is 1.64. The van der Waals surface area contributed by atoms with E-state index in [1.165, 1.54) is 4.31 Å². The van der Waals surface area contributed by atoms with Crippen molar-refractivity contribution in [3.8, 4) is 0 Å². The topological polar surface area (TPSA) is 102 Å². The Hall–Kier alpha value is -2.43. The fourth-order valence-electron chi connectivity index (χ4n) is 6.75. The van der Waals surface area contributed by atoms with Gasteiger partial charge in [0.05, 0.1) is 28.8 Å². The Labute approximate surface area is 238 Å². The largest absolute Gasteiger partial charge is 0.462 e. The van der Waals surface area contributed by atoms with Crippen LogP contribution in [-0.2, 0) is 34.5 Å². The molecule has 39 heavy (non-hydrogen) atoms. The lowest BCUT2D eigenvalue weighted by molar-refractivity contribution is -0.177. The summed E-state index contributed by atoms with van der Waals surface area (Å²) >= 11 is 3.64. The summed E-state index contributed by atoms with van der Waals surface area (Å²) in [6, 6.07) is 12.0. The fourth-order valence-corrected chi connectivity index (χ4v) is 8.72. The summed E-state index contributed by atoms with van der Waals surface area (Å²) < 4.78 is 41.2. The summed E-state index contributed by atoms with van der Waals surface area (Å²) in [4.78, 5) is 28.1. The molecule has 3 aliphatic rings. The molecule has 10 heteroatoms. The second-order valence-corrected chi connectivity index (χ2v) is 14.3. The number of ether oxygens (including phenoxy) is 2. The maximum atomic E-state index is 13.9. The average molecular weight is 620 g/mol. The highest BCUT2D eigenvalue weighted by Gasteiger charge is 2.74. The number of nitrogens with zero attached hydrogens (tertiary/aromatic N) is 1. The molecule has 0 bridgehead atoms. The van der Waals surface area contributed by atoms with Crippen molar-refractivity contribution in [2.45, 2.75) is 76.0 Å². The van der Waals surface area contributed by atoms with Gasteiger partial charge >= 0.3 is 11.9 Å². The van der Waals surface area contributed by atoms with E-state index in [4.69, 9.17) is 9.47 Å². The molecule has 210 valence electrons. The molecule has 2 aromatic rings. The number of benzene rings is 2. The Morgan fingerprint density at radius 1 is 1.03 bits per heavy atom. The first-order chi connectivity index (χ1) is 18.3. The molecule has 2 aliphatic heterocycles. The van der Waals surface area contributed by atoms with Crippen molar-refractivity contribution in [1.29, 1.82) is 0 Å². The van der Waals surface area contributed by atoms with Crippen LogP contribution in [0.2, 0.25) is 0 Å². The number of para-hydroxylation sites is 1. The predicted octanol–water partition coefficient (Wildman–Crippen LogP) is 4.79. The Kier molecular flexibility index (Phi) is 7.13. The summed E-state index contributed by atoms with van der Waals surface area (Å²) in [5.74, 6) is -1.60. The summed E-state index contributed by atoms with van der Waals surface area (Å²) in [6.07, 6.45) is -0.314. The summed E-state index contributed by atoms with van der Waals surface area (Å²) in [6.45, 7) is 9.34. The van der Waals surface area contributed by atoms with Crippen LogP contribution in [0.4, 0.5) is 5.69 Å². The van der Waals surface area contributed by atoms with Gasteiger partial charge in [-0.05, 0) is 93.1 Å². The second-order valence-electron chi connectivity index (χ2n) is 11.5. The molecule has 1 N–H and O–H groups in total. The van der Waals surface area contributed by atoms with Crippen molar-refractivity contribution in [2.24, 2.45) is 11.3 Å². The minimum absolute atomic E-state index is 0.119. The van der Waals surface area contributed by atoms with Crippen molar-refractivity contribution in [3.63, 3.8) is 0 Å². The van der Waals surface area contributed by atoms with Gasteiger partial charge in [-0.3, -0.25) is 9.59 Å². The number of hydrogen-bond donors (Lipinski definition) is 1. The summed E-state index contributed by atoms with van der Waals surface area (Å²) in [5, 5.41) is 3.53. The fraction of sp³-hybridized carbons (Fsp3) is 0.517. The lowest BCUT2D eigenvalue weighted by Gasteiger charge is -2.44. The first kappa shape index (κ1) is 28.1. The van der Waals surface area contributed by atoms with Crippen LogP contribution >= 0.6 is 15.9 Å². The van der Waals surface area contributed by atoms with Crippen LogP contribution in [0.5, 0.6) is 0 Å². The van der Waals surface area contributed by atoms with Crippen LogP contribution in [0.1, 0.15) is 51.7 Å². The number of carbonyl (C=O) groups is 2. The molecule has 8 nitrogen and oxygen atoms in total. The second kappa shape index (κ2) is 9.89. The highest BCUT2D eigenvalue weighted by atomic mass is 79.9. The average Bonchev–Trinajstić information content (AvgIpc) is 3.34. The van der Waals surface area contributed by atoms with E-state index >= 15 is 0 Å². The number of nitrogens with one attached hydrogen (secondary N) is 1. The van der Waals surface area contributed by atoms with Gasteiger partial charge in [-0.1, -0.05) is 29.8 Å². The number of anilines is 1. The van der Waals surface area contributed by atoms with Crippen LogP contribution in [0.3, 0.4) is 0 Å². The zero-order chi connectivity index (χ0) is 28.3. The Bertz CT molecular complexity index is 1390. The lowest BCUT2D eigenvalue weighted by atomic mass is 9.66. The van der Waals surface area contributed by atoms with Crippen LogP contribution in [0.15, 0.2) is 51.8 Å². The number of fused-ring (bicyclic) bond motifs is 1. The predicted molar refractivity (Wildman–Crippen MR) is 151 cm³/mol. The third-order valence-electron chi connectivity index (χ3n) is 8.38. The van der Waals surface area contributed by atoms with E-state index < -0.39 is 51.0 Å². The number of aryl methyl sites for hydroxylation is 1. The van der Waals surface area contributed by atoms with Gasteiger partial charge in [0.1, 0.15) is 0 Å². The van der Waals surface area contributed by atoms with Gasteiger partial charge < -0.3 is 14.8 Å². The van der Waals surface area contributed by atoms with Gasteiger partial charge in [0, 0.05) is 23.0 Å². The van der Waals surface area contributed by atoms with Crippen molar-refractivity contribution in [3.05, 3.63) is 58.1 Å². The molecule has 2 heterocycles. The zero-order valence-corrected chi connectivity index (χ0v) is 25.3. The molecule has 3 atom stereocenters. The molecule has 1 aliphatic carbocycles. The van der Waals surface area contributed by atoms with E-state index in [9.17, 15) is 18.0 Å². The van der Waals surface area contributed by atoms with Gasteiger partial charge in [0.15, 0.2) is 5.41 Å². The summed E-state index contributed by atoms with van der Waals surface area (Å²) in [7, 11) is -3.78. The summed E-state index contributed by atoms with van der Waals surface area (Å²) in [5.41, 5.74) is 0.476. The number of hydrogen-bond acceptors (Lipinski definition) is 7. The van der Waals surface area contributed by atoms with Gasteiger partial charge in [-0.2, -0.15) is 4.31 Å². The van der Waals surface area contributed by atoms with Gasteiger partial charge in [0.2, 0.25) is 10.0 Å². The molecule has 0 radical (unpaired) electrons. The smallest absolute Gasteiger partial charge is 0.325 e. The van der Waals surface area contributed by atoms with Crippen molar-refractivity contribution >= 4 is 43.6 Å². The molecule has 5 rings (SSSR count). The van der Waals surface area contributed by atoms with Crippen molar-refractivity contribution in [1.82, 2.24) is 4.31 Å². The highest BCUT2D eigenvalue weighted by Crippen LogP contribution is 2.65. The normalized spacial score (nSPS) is 25.5. The molecule has 1 saturated carbocycles. The Morgan fingerprint density at radius 2 is 1.64 bits per heavy atom. The molecule has 1 spiro atoms. The van der Waals surface area contributed by atoms with Crippen LogP contribution in [0.25, 0.3) is 0 Å². The van der Waals surface area contributed by atoms with Gasteiger partial charge in [-0.25, -0.2) is 8.42 Å². The highest BCUT2D eigenvalue weighted by molar-refractivity contribution is 9.10. The number of carbonyl (C=O) groups excluding carboxylic acids is 2.